The maximum Gasteiger partial charge on any atom is 0.267 e. The lowest BCUT2D eigenvalue weighted by molar-refractivity contribution is 0.0995. The number of primary amides is 1. The molecule has 3 N–H and O–H groups in total. The van der Waals surface area contributed by atoms with Crippen molar-refractivity contribution in [1.82, 2.24) is 4.98 Å². The summed E-state index contributed by atoms with van der Waals surface area (Å²) in [6.45, 7) is 3.48. The van der Waals surface area contributed by atoms with Crippen molar-refractivity contribution in [1.29, 1.82) is 0 Å². The molecule has 1 aromatic rings. The van der Waals surface area contributed by atoms with Crippen LogP contribution in [0.25, 0.3) is 0 Å². The summed E-state index contributed by atoms with van der Waals surface area (Å²) in [5.41, 5.74) is 7.32. The third-order valence-corrected chi connectivity index (χ3v) is 2.79. The lowest BCUT2D eigenvalue weighted by Crippen LogP contribution is -2.20. The van der Waals surface area contributed by atoms with Crippen LogP contribution in [0.2, 0.25) is 0 Å². The number of aromatic nitrogens is 1. The van der Waals surface area contributed by atoms with Crippen LogP contribution in [-0.4, -0.2) is 30.1 Å². The fraction of sp³-hybridized carbons (Fsp3) is 0.500. The molecule has 0 aliphatic carbocycles. The number of anilines is 1. The number of amides is 1. The standard InChI is InChI=1S/C12H17N3O2/c1-2-8-5-10(6-11(15-8)12(13)16)14-9-3-4-17-7-9/h5-6,9H,2-4,7H2,1H3,(H2,13,16)(H,14,15). The molecule has 0 saturated carbocycles. The normalized spacial score (nSPS) is 19.2. The highest BCUT2D eigenvalue weighted by Crippen LogP contribution is 2.16. The Morgan fingerprint density at radius 3 is 3.06 bits per heavy atom. The number of carbonyl (C=O) groups excluding carboxylic acids is 1. The highest BCUT2D eigenvalue weighted by molar-refractivity contribution is 5.91. The zero-order valence-corrected chi connectivity index (χ0v) is 9.90. The van der Waals surface area contributed by atoms with Crippen LogP contribution in [0.4, 0.5) is 5.69 Å². The molecule has 2 rings (SSSR count). The van der Waals surface area contributed by atoms with Gasteiger partial charge in [0.1, 0.15) is 5.69 Å². The molecule has 5 nitrogen and oxygen atoms in total. The van der Waals surface area contributed by atoms with E-state index in [0.717, 1.165) is 30.8 Å². The molecule has 17 heavy (non-hydrogen) atoms. The summed E-state index contributed by atoms with van der Waals surface area (Å²) >= 11 is 0. The molecule has 1 aromatic heterocycles. The van der Waals surface area contributed by atoms with Crippen molar-refractivity contribution in [3.05, 3.63) is 23.5 Å². The largest absolute Gasteiger partial charge is 0.380 e. The minimum Gasteiger partial charge on any atom is -0.380 e. The molecule has 0 radical (unpaired) electrons. The van der Waals surface area contributed by atoms with E-state index in [1.165, 1.54) is 0 Å². The smallest absolute Gasteiger partial charge is 0.267 e. The first-order chi connectivity index (χ1) is 8.19. The molecule has 92 valence electrons. The quantitative estimate of drug-likeness (QED) is 0.814. The van der Waals surface area contributed by atoms with Crippen LogP contribution in [0.15, 0.2) is 12.1 Å². The SMILES string of the molecule is CCc1cc(NC2CCOC2)cc(C(N)=O)n1. The van der Waals surface area contributed by atoms with Gasteiger partial charge >= 0.3 is 0 Å². The van der Waals surface area contributed by atoms with Gasteiger partial charge in [0, 0.05) is 18.0 Å². The van der Waals surface area contributed by atoms with E-state index in [9.17, 15) is 4.79 Å². The highest BCUT2D eigenvalue weighted by atomic mass is 16.5. The Kier molecular flexibility index (Phi) is 3.58. The van der Waals surface area contributed by atoms with Crippen LogP contribution < -0.4 is 11.1 Å². The third kappa shape index (κ3) is 2.94. The number of hydrogen-bond donors (Lipinski definition) is 2. The van der Waals surface area contributed by atoms with Gasteiger partial charge in [-0.1, -0.05) is 6.92 Å². The fourth-order valence-corrected chi connectivity index (χ4v) is 1.86. The molecule has 1 aliphatic heterocycles. The Hall–Kier alpha value is -1.62. The summed E-state index contributed by atoms with van der Waals surface area (Å²) in [5.74, 6) is -0.494. The van der Waals surface area contributed by atoms with Crippen molar-refractivity contribution in [2.45, 2.75) is 25.8 Å². The van der Waals surface area contributed by atoms with Crippen LogP contribution >= 0.6 is 0 Å². The van der Waals surface area contributed by atoms with Gasteiger partial charge in [0.05, 0.1) is 12.6 Å². The second-order valence-electron chi connectivity index (χ2n) is 4.16. The van der Waals surface area contributed by atoms with Crippen LogP contribution in [0.1, 0.15) is 29.5 Å². The predicted octanol–water partition coefficient (Wildman–Crippen LogP) is 0.944. The first-order valence-corrected chi connectivity index (χ1v) is 5.84. The van der Waals surface area contributed by atoms with Crippen molar-refractivity contribution < 1.29 is 9.53 Å². The number of aryl methyl sites for hydroxylation is 1. The maximum absolute atomic E-state index is 11.2. The molecule has 2 heterocycles. The molecule has 0 bridgehead atoms. The number of rotatable bonds is 4. The van der Waals surface area contributed by atoms with Crippen molar-refractivity contribution in [2.75, 3.05) is 18.5 Å². The molecule has 1 fully saturated rings. The van der Waals surface area contributed by atoms with Gasteiger partial charge in [0.2, 0.25) is 0 Å². The number of carbonyl (C=O) groups is 1. The van der Waals surface area contributed by atoms with Gasteiger partial charge in [0.15, 0.2) is 0 Å². The Morgan fingerprint density at radius 1 is 1.65 bits per heavy atom. The topological polar surface area (TPSA) is 77.2 Å². The zero-order valence-electron chi connectivity index (χ0n) is 9.90. The van der Waals surface area contributed by atoms with Crippen LogP contribution in [0.3, 0.4) is 0 Å². The molecule has 1 aliphatic rings. The average Bonchev–Trinajstić information content (AvgIpc) is 2.81. The molecular formula is C12H17N3O2. The van der Waals surface area contributed by atoms with E-state index < -0.39 is 5.91 Å². The number of nitrogens with two attached hydrogens (primary N) is 1. The van der Waals surface area contributed by atoms with Crippen LogP contribution in [-0.2, 0) is 11.2 Å². The van der Waals surface area contributed by atoms with Gasteiger partial charge in [0.25, 0.3) is 5.91 Å². The van der Waals surface area contributed by atoms with Crippen molar-refractivity contribution >= 4 is 11.6 Å². The van der Waals surface area contributed by atoms with Gasteiger partial charge in [-0.2, -0.15) is 0 Å². The Morgan fingerprint density at radius 2 is 2.47 bits per heavy atom. The van der Waals surface area contributed by atoms with E-state index in [1.807, 2.05) is 13.0 Å². The number of nitrogens with zero attached hydrogens (tertiary/aromatic N) is 1. The average molecular weight is 235 g/mol. The number of ether oxygens (including phenoxy) is 1. The van der Waals surface area contributed by atoms with E-state index in [2.05, 4.69) is 10.3 Å². The lowest BCUT2D eigenvalue weighted by Gasteiger charge is -2.13. The van der Waals surface area contributed by atoms with Crippen LogP contribution in [0, 0.1) is 0 Å². The van der Waals surface area contributed by atoms with Gasteiger partial charge in [-0.05, 0) is 25.0 Å². The predicted molar refractivity (Wildman–Crippen MR) is 65.0 cm³/mol. The summed E-state index contributed by atoms with van der Waals surface area (Å²) in [5, 5.41) is 3.34. The van der Waals surface area contributed by atoms with Gasteiger partial charge in [-0.15, -0.1) is 0 Å². The van der Waals surface area contributed by atoms with E-state index >= 15 is 0 Å². The molecule has 0 spiro atoms. The third-order valence-electron chi connectivity index (χ3n) is 2.79. The van der Waals surface area contributed by atoms with E-state index in [0.29, 0.717) is 18.3 Å². The molecule has 5 heteroatoms. The van der Waals surface area contributed by atoms with Gasteiger partial charge < -0.3 is 15.8 Å². The molecule has 1 amide bonds. The first kappa shape index (κ1) is 11.9. The Labute approximate surface area is 100 Å². The first-order valence-electron chi connectivity index (χ1n) is 5.84. The van der Waals surface area contributed by atoms with Crippen LogP contribution in [0.5, 0.6) is 0 Å². The monoisotopic (exact) mass is 235 g/mol. The van der Waals surface area contributed by atoms with E-state index in [4.69, 9.17) is 10.5 Å². The summed E-state index contributed by atoms with van der Waals surface area (Å²) in [6, 6.07) is 3.95. The molecule has 1 atom stereocenters. The fourth-order valence-electron chi connectivity index (χ4n) is 1.86. The van der Waals surface area contributed by atoms with E-state index in [-0.39, 0.29) is 0 Å². The number of pyridine rings is 1. The second-order valence-corrected chi connectivity index (χ2v) is 4.16. The second kappa shape index (κ2) is 5.14. The summed E-state index contributed by atoms with van der Waals surface area (Å²) in [6.07, 6.45) is 1.76. The summed E-state index contributed by atoms with van der Waals surface area (Å²) in [7, 11) is 0. The molecule has 1 saturated heterocycles. The van der Waals surface area contributed by atoms with Crippen molar-refractivity contribution in [2.24, 2.45) is 5.73 Å². The zero-order chi connectivity index (χ0) is 12.3. The molecular weight excluding hydrogens is 218 g/mol. The highest BCUT2D eigenvalue weighted by Gasteiger charge is 2.16. The van der Waals surface area contributed by atoms with Crippen molar-refractivity contribution in [3.8, 4) is 0 Å². The Balaban J connectivity index is 2.19. The minimum absolute atomic E-state index is 0.308. The number of nitrogens with one attached hydrogen (secondary N) is 1. The van der Waals surface area contributed by atoms with Gasteiger partial charge in [-0.25, -0.2) is 4.98 Å². The minimum atomic E-state index is -0.494. The maximum atomic E-state index is 11.2. The molecule has 1 unspecified atom stereocenters. The molecule has 0 aromatic carbocycles. The summed E-state index contributed by atoms with van der Waals surface area (Å²) < 4.78 is 5.29. The van der Waals surface area contributed by atoms with Crippen molar-refractivity contribution in [3.63, 3.8) is 0 Å². The van der Waals surface area contributed by atoms with E-state index in [1.54, 1.807) is 6.07 Å². The van der Waals surface area contributed by atoms with Gasteiger partial charge in [-0.3, -0.25) is 4.79 Å². The lowest BCUT2D eigenvalue weighted by atomic mass is 10.2. The Bertz CT molecular complexity index is 414. The number of hydrogen-bond acceptors (Lipinski definition) is 4. The summed E-state index contributed by atoms with van der Waals surface area (Å²) in [4.78, 5) is 15.3.